The largest absolute Gasteiger partial charge is 0.481 e. The molecule has 1 aromatic carbocycles. The average molecular weight is 922 g/mol. The third-order valence-corrected chi connectivity index (χ3v) is 11.1. The van der Waals surface area contributed by atoms with E-state index in [-0.39, 0.29) is 58.9 Å². The summed E-state index contributed by atoms with van der Waals surface area (Å²) in [6.45, 7) is 18.1. The standard InChI is InChI=1S/C48H67N5O11S/c1-6-8-10-12-14-16-18-39(48(57)58)33-44(55)62-31-29-61-27-26-59-24-22-53(23-25-60-28-30-63-45(56)34-41(64-36-54)19-17-15-13-11-9-7-2)40-20-21-43(37(3)32-40)51-52-47-42(35-49)38(4)46(50-5)65-47/h14-17,20-21,32,36,39,41H,6-13,18-19,22-31,33-34H2,1-4H3,(H,57,58)/b16-14+,17-15+,52-51?. The predicted octanol–water partition coefficient (Wildman–Crippen LogP) is 10.2. The monoisotopic (exact) mass is 921 g/mol. The lowest BCUT2D eigenvalue weighted by Crippen LogP contribution is -2.31. The number of carboxylic acid groups (broad SMARTS) is 1. The number of azo groups is 1. The number of carbonyl (C=O) groups excluding carboxylic acids is 3. The highest BCUT2D eigenvalue weighted by Crippen LogP contribution is 2.41. The van der Waals surface area contributed by atoms with Gasteiger partial charge in [0.05, 0.1) is 76.2 Å². The molecular weight excluding hydrogens is 855 g/mol. The van der Waals surface area contributed by atoms with Gasteiger partial charge in [-0.3, -0.25) is 19.2 Å². The first-order valence-electron chi connectivity index (χ1n) is 22.4. The minimum absolute atomic E-state index is 0.000353. The highest BCUT2D eigenvalue weighted by molar-refractivity contribution is 7.20. The second-order valence-corrected chi connectivity index (χ2v) is 16.1. The molecule has 0 radical (unpaired) electrons. The highest BCUT2D eigenvalue weighted by Gasteiger charge is 2.21. The second kappa shape index (κ2) is 34.9. The van der Waals surface area contributed by atoms with Crippen LogP contribution in [0.15, 0.2) is 52.7 Å². The number of allylic oxidation sites excluding steroid dienone is 3. The van der Waals surface area contributed by atoms with Crippen LogP contribution in [0.3, 0.4) is 0 Å². The van der Waals surface area contributed by atoms with Gasteiger partial charge in [0, 0.05) is 25.2 Å². The van der Waals surface area contributed by atoms with Crippen LogP contribution in [0.2, 0.25) is 0 Å². The number of benzene rings is 1. The van der Waals surface area contributed by atoms with Gasteiger partial charge >= 0.3 is 17.9 Å². The lowest BCUT2D eigenvalue weighted by Gasteiger charge is -2.25. The molecule has 65 heavy (non-hydrogen) atoms. The van der Waals surface area contributed by atoms with Crippen LogP contribution in [0.4, 0.5) is 21.4 Å². The summed E-state index contributed by atoms with van der Waals surface area (Å²) in [5.74, 6) is -2.94. The number of aryl methyl sites for hydroxylation is 1. The first-order valence-corrected chi connectivity index (χ1v) is 23.2. The van der Waals surface area contributed by atoms with Gasteiger partial charge < -0.3 is 38.4 Å². The highest BCUT2D eigenvalue weighted by atomic mass is 32.1. The van der Waals surface area contributed by atoms with E-state index in [9.17, 15) is 29.5 Å². The topological polar surface area (TPSA) is 200 Å². The van der Waals surface area contributed by atoms with Gasteiger partial charge in [0.25, 0.3) is 6.47 Å². The van der Waals surface area contributed by atoms with E-state index in [1.54, 1.807) is 6.92 Å². The SMILES string of the molecule is [C-]#[N+]c1sc(N=Nc2ccc(N(CCOCCOCCOC(=O)CC(C/C=C/CCCCC)C(=O)O)CCOCCOC(=O)CC(C/C=C/CCCCC)OC=O)cc2C)c(C#N)c1C. The van der Waals surface area contributed by atoms with Crippen LogP contribution >= 0.6 is 11.3 Å². The summed E-state index contributed by atoms with van der Waals surface area (Å²) in [5, 5.41) is 28.6. The maximum absolute atomic E-state index is 12.5. The Kier molecular flexibility index (Phi) is 29.9. The van der Waals surface area contributed by atoms with E-state index in [1.165, 1.54) is 0 Å². The molecule has 1 N–H and O–H groups in total. The zero-order valence-corrected chi connectivity index (χ0v) is 39.3. The van der Waals surface area contributed by atoms with Crippen molar-refractivity contribution >= 4 is 57.1 Å². The van der Waals surface area contributed by atoms with Crippen LogP contribution in [0.1, 0.15) is 108 Å². The number of esters is 2. The van der Waals surface area contributed by atoms with E-state index in [1.807, 2.05) is 49.4 Å². The molecule has 0 saturated heterocycles. The first-order chi connectivity index (χ1) is 31.6. The third kappa shape index (κ3) is 23.9. The van der Waals surface area contributed by atoms with E-state index in [4.69, 9.17) is 35.0 Å². The van der Waals surface area contributed by atoms with Crippen LogP contribution < -0.4 is 4.90 Å². The summed E-state index contributed by atoms with van der Waals surface area (Å²) >= 11 is 1.13. The maximum atomic E-state index is 12.5. The van der Waals surface area contributed by atoms with Crippen molar-refractivity contribution in [3.8, 4) is 6.07 Å². The van der Waals surface area contributed by atoms with Crippen LogP contribution in [0.5, 0.6) is 0 Å². The van der Waals surface area contributed by atoms with E-state index in [0.29, 0.717) is 66.0 Å². The number of nitriles is 1. The molecule has 0 aliphatic heterocycles. The van der Waals surface area contributed by atoms with Crippen molar-refractivity contribution in [2.75, 3.05) is 70.8 Å². The summed E-state index contributed by atoms with van der Waals surface area (Å²) in [6.07, 6.45) is 16.1. The Hall–Kier alpha value is -5.46. The van der Waals surface area contributed by atoms with E-state index >= 15 is 0 Å². The summed E-state index contributed by atoms with van der Waals surface area (Å²) in [4.78, 5) is 52.9. The van der Waals surface area contributed by atoms with Gasteiger partial charge in [-0.2, -0.15) is 5.26 Å². The minimum atomic E-state index is -1.03. The molecule has 2 unspecified atom stereocenters. The number of rotatable bonds is 37. The molecule has 2 aromatic rings. The molecule has 2 atom stereocenters. The second-order valence-electron chi connectivity index (χ2n) is 15.1. The fourth-order valence-electron chi connectivity index (χ4n) is 6.23. The van der Waals surface area contributed by atoms with Crippen molar-refractivity contribution in [1.82, 2.24) is 0 Å². The van der Waals surface area contributed by atoms with Crippen molar-refractivity contribution in [2.45, 2.75) is 111 Å². The number of carbonyl (C=O) groups is 4. The van der Waals surface area contributed by atoms with Crippen molar-refractivity contribution in [2.24, 2.45) is 16.1 Å². The molecule has 2 rings (SSSR count). The van der Waals surface area contributed by atoms with Crippen molar-refractivity contribution in [3.63, 3.8) is 0 Å². The average Bonchev–Trinajstić information content (AvgIpc) is 3.60. The molecule has 0 spiro atoms. The molecule has 0 amide bonds. The molecular formula is C48H67N5O11S. The number of aliphatic carboxylic acids is 1. The summed E-state index contributed by atoms with van der Waals surface area (Å²) < 4.78 is 32.9. The number of hydrogen-bond donors (Lipinski definition) is 1. The van der Waals surface area contributed by atoms with Gasteiger partial charge in [-0.15, -0.1) is 21.6 Å². The Morgan fingerprint density at radius 1 is 0.831 bits per heavy atom. The summed E-state index contributed by atoms with van der Waals surface area (Å²) in [6, 6.07) is 7.79. The van der Waals surface area contributed by atoms with E-state index in [0.717, 1.165) is 74.0 Å². The molecule has 0 saturated carbocycles. The first kappa shape index (κ1) is 55.7. The number of anilines is 1. The Morgan fingerprint density at radius 2 is 1.42 bits per heavy atom. The number of ether oxygens (including phenoxy) is 6. The fraction of sp³-hybridized carbons (Fsp3) is 0.583. The molecule has 1 heterocycles. The molecule has 1 aromatic heterocycles. The van der Waals surface area contributed by atoms with E-state index < -0.39 is 29.9 Å². The number of hydrogen-bond acceptors (Lipinski definition) is 15. The smallest absolute Gasteiger partial charge is 0.309 e. The summed E-state index contributed by atoms with van der Waals surface area (Å²) in [7, 11) is 0. The fourth-order valence-corrected chi connectivity index (χ4v) is 7.09. The molecule has 0 aliphatic rings. The van der Waals surface area contributed by atoms with Crippen molar-refractivity contribution in [3.05, 3.63) is 70.6 Å². The Bertz CT molecular complexity index is 1900. The lowest BCUT2D eigenvalue weighted by molar-refractivity contribution is -0.152. The molecule has 16 nitrogen and oxygen atoms in total. The number of carboxylic acids is 1. The normalized spacial score (nSPS) is 12.3. The third-order valence-electron chi connectivity index (χ3n) is 9.98. The molecule has 356 valence electrons. The zero-order valence-electron chi connectivity index (χ0n) is 38.5. The number of unbranched alkanes of at least 4 members (excludes halogenated alkanes) is 6. The van der Waals surface area contributed by atoms with Gasteiger partial charge in [-0.1, -0.05) is 63.8 Å². The van der Waals surface area contributed by atoms with Gasteiger partial charge in [0.2, 0.25) is 5.00 Å². The van der Waals surface area contributed by atoms with Gasteiger partial charge in [-0.25, -0.2) is 4.85 Å². The Morgan fingerprint density at radius 3 is 1.97 bits per heavy atom. The van der Waals surface area contributed by atoms with Crippen molar-refractivity contribution < 1.29 is 52.7 Å². The predicted molar refractivity (Wildman–Crippen MR) is 249 cm³/mol. The molecule has 0 bridgehead atoms. The molecule has 0 aliphatic carbocycles. The summed E-state index contributed by atoms with van der Waals surface area (Å²) in [5.41, 5.74) is 3.22. The van der Waals surface area contributed by atoms with Gasteiger partial charge in [0.1, 0.15) is 30.4 Å². The van der Waals surface area contributed by atoms with Crippen LogP contribution in [0, 0.1) is 37.7 Å². The number of nitrogens with zero attached hydrogens (tertiary/aromatic N) is 5. The Balaban J connectivity index is 1.89. The van der Waals surface area contributed by atoms with Gasteiger partial charge in [-0.05, 0) is 75.3 Å². The van der Waals surface area contributed by atoms with Crippen molar-refractivity contribution in [1.29, 1.82) is 5.26 Å². The maximum Gasteiger partial charge on any atom is 0.309 e. The molecule has 0 fully saturated rings. The number of thiophene rings is 1. The quantitative estimate of drug-likeness (QED) is 0.0128. The van der Waals surface area contributed by atoms with Gasteiger partial charge in [0.15, 0.2) is 0 Å². The zero-order chi connectivity index (χ0) is 47.5. The lowest BCUT2D eigenvalue weighted by atomic mass is 10.0. The van der Waals surface area contributed by atoms with E-state index in [2.05, 4.69) is 39.9 Å². The van der Waals surface area contributed by atoms with Crippen LogP contribution in [0.25, 0.3) is 4.85 Å². The molecule has 17 heteroatoms. The van der Waals surface area contributed by atoms with Crippen LogP contribution in [-0.4, -0.2) is 102 Å². The Labute approximate surface area is 388 Å². The van der Waals surface area contributed by atoms with Crippen LogP contribution in [-0.2, 0) is 47.6 Å². The minimum Gasteiger partial charge on any atom is -0.481 e.